The molecule has 2 bridgehead atoms. The zero-order valence-corrected chi connectivity index (χ0v) is 15.5. The lowest BCUT2D eigenvalue weighted by molar-refractivity contribution is -0.119. The number of primary amides is 1. The first-order valence-corrected chi connectivity index (χ1v) is 9.50. The molecule has 2 aromatic rings. The molecule has 6 heteroatoms. The largest absolute Gasteiger partial charge is 0.351 e. The van der Waals surface area contributed by atoms with Gasteiger partial charge in [0.2, 0.25) is 5.91 Å². The highest BCUT2D eigenvalue weighted by Crippen LogP contribution is 2.35. The molecule has 1 aliphatic carbocycles. The van der Waals surface area contributed by atoms with Crippen LogP contribution in [0.1, 0.15) is 43.4 Å². The van der Waals surface area contributed by atoms with E-state index < -0.39 is 6.03 Å². The van der Waals surface area contributed by atoms with Gasteiger partial charge in [-0.1, -0.05) is 36.4 Å². The first-order chi connectivity index (χ1) is 13.5. The van der Waals surface area contributed by atoms with E-state index in [0.29, 0.717) is 18.9 Å². The van der Waals surface area contributed by atoms with Crippen LogP contribution in [0.4, 0.5) is 9.18 Å². The summed E-state index contributed by atoms with van der Waals surface area (Å²) in [7, 11) is 0. The lowest BCUT2D eigenvalue weighted by Gasteiger charge is -2.36. The quantitative estimate of drug-likeness (QED) is 0.814. The summed E-state index contributed by atoms with van der Waals surface area (Å²) in [5, 5.41) is 0. The molecule has 6 rings (SSSR count). The van der Waals surface area contributed by atoms with Gasteiger partial charge in [0.05, 0.1) is 6.04 Å². The van der Waals surface area contributed by atoms with Gasteiger partial charge in [-0.2, -0.15) is 0 Å². The molecule has 2 aromatic carbocycles. The van der Waals surface area contributed by atoms with Crippen molar-refractivity contribution in [3.05, 3.63) is 71.0 Å². The van der Waals surface area contributed by atoms with Crippen LogP contribution in [0.2, 0.25) is 0 Å². The number of halogens is 1. The molecule has 3 aliphatic heterocycles. The van der Waals surface area contributed by atoms with Gasteiger partial charge in [0, 0.05) is 20.1 Å². The summed E-state index contributed by atoms with van der Waals surface area (Å²) in [6, 6.07) is 13.5. The Hall–Kier alpha value is -3.02. The highest BCUT2D eigenvalue weighted by Gasteiger charge is 2.32. The van der Waals surface area contributed by atoms with Crippen LogP contribution in [-0.2, 0) is 11.2 Å². The number of nitrogens with zero attached hydrogens (tertiary/aromatic N) is 2. The molecule has 0 spiro atoms. The van der Waals surface area contributed by atoms with Crippen LogP contribution in [0.5, 0.6) is 0 Å². The summed E-state index contributed by atoms with van der Waals surface area (Å²) in [4.78, 5) is 27.7. The van der Waals surface area contributed by atoms with Gasteiger partial charge in [-0.05, 0) is 54.0 Å². The Balaban J connectivity index is 0.000000223. The van der Waals surface area contributed by atoms with Gasteiger partial charge in [-0.15, -0.1) is 0 Å². The van der Waals surface area contributed by atoms with Crippen molar-refractivity contribution in [3.63, 3.8) is 0 Å². The minimum Gasteiger partial charge on any atom is -0.351 e. The number of carbonyl (C=O) groups excluding carboxylic acids is 2. The summed E-state index contributed by atoms with van der Waals surface area (Å²) in [5.74, 6) is 0.487. The number of urea groups is 1. The lowest BCUT2D eigenvalue weighted by atomic mass is 9.78. The molecule has 0 radical (unpaired) electrons. The van der Waals surface area contributed by atoms with E-state index in [2.05, 4.69) is 11.1 Å². The van der Waals surface area contributed by atoms with Gasteiger partial charge in [0.25, 0.3) is 0 Å². The Morgan fingerprint density at radius 2 is 1.82 bits per heavy atom. The molecule has 146 valence electrons. The summed E-state index contributed by atoms with van der Waals surface area (Å²) in [6.07, 6.45) is 3.71. The third kappa shape index (κ3) is 3.67. The zero-order valence-electron chi connectivity index (χ0n) is 15.5. The number of carbonyl (C=O) groups is 2. The second kappa shape index (κ2) is 7.54. The molecule has 0 unspecified atom stereocenters. The average molecular weight is 381 g/mol. The second-order valence-electron chi connectivity index (χ2n) is 7.48. The maximum atomic E-state index is 13.1. The molecule has 1 fully saturated rings. The number of aliphatic imine (C=N–C) groups is 1. The van der Waals surface area contributed by atoms with Crippen LogP contribution < -0.4 is 5.73 Å². The van der Waals surface area contributed by atoms with E-state index in [4.69, 9.17) is 5.73 Å². The zero-order chi connectivity index (χ0) is 19.7. The fourth-order valence-electron chi connectivity index (χ4n) is 4.12. The maximum Gasteiger partial charge on any atom is 0.315 e. The smallest absolute Gasteiger partial charge is 0.315 e. The fraction of sp³-hybridized carbons (Fsp3) is 0.318. The van der Waals surface area contributed by atoms with Gasteiger partial charge in [0.1, 0.15) is 5.82 Å². The summed E-state index contributed by atoms with van der Waals surface area (Å²) >= 11 is 0. The van der Waals surface area contributed by atoms with E-state index in [0.717, 1.165) is 36.1 Å². The molecule has 5 nitrogen and oxygen atoms in total. The van der Waals surface area contributed by atoms with Gasteiger partial charge in [-0.25, -0.2) is 14.2 Å². The molecule has 0 aromatic heterocycles. The monoisotopic (exact) mass is 381 g/mol. The highest BCUT2D eigenvalue weighted by molar-refractivity contribution is 6.03. The van der Waals surface area contributed by atoms with Crippen molar-refractivity contribution in [1.82, 2.24) is 4.90 Å². The van der Waals surface area contributed by atoms with Crippen LogP contribution in [0, 0.1) is 11.7 Å². The average Bonchev–Trinajstić information content (AvgIpc) is 2.67. The number of hydrogen-bond donors (Lipinski definition) is 1. The number of nitrogens with two attached hydrogens (primary N) is 1. The normalized spacial score (nSPS) is 20.3. The van der Waals surface area contributed by atoms with Gasteiger partial charge < -0.3 is 10.6 Å². The lowest BCUT2D eigenvalue weighted by Crippen LogP contribution is -2.43. The van der Waals surface area contributed by atoms with E-state index in [-0.39, 0.29) is 19.2 Å². The molecule has 2 N–H and O–H groups in total. The van der Waals surface area contributed by atoms with Crippen molar-refractivity contribution < 1.29 is 15.4 Å². The van der Waals surface area contributed by atoms with Crippen LogP contribution in [0.3, 0.4) is 0 Å². The van der Waals surface area contributed by atoms with Crippen LogP contribution in [-0.4, -0.2) is 29.1 Å². The molecule has 3 amide bonds. The van der Waals surface area contributed by atoms with Gasteiger partial charge in [0.15, 0.2) is 0 Å². The van der Waals surface area contributed by atoms with Crippen LogP contribution in [0.25, 0.3) is 0 Å². The number of amides is 3. The molecule has 4 aliphatic rings. The first-order valence-electron chi connectivity index (χ1n) is 9.50. The Bertz CT molecular complexity index is 937. The van der Waals surface area contributed by atoms with E-state index in [1.807, 2.05) is 18.2 Å². The first kappa shape index (κ1) is 18.3. The van der Waals surface area contributed by atoms with Crippen LogP contribution >= 0.6 is 0 Å². The highest BCUT2D eigenvalue weighted by atomic mass is 19.1. The maximum absolute atomic E-state index is 13.1. The van der Waals surface area contributed by atoms with Crippen molar-refractivity contribution in [2.75, 3.05) is 6.54 Å². The Kier molecular flexibility index (Phi) is 4.94. The van der Waals surface area contributed by atoms with Crippen molar-refractivity contribution in [2.24, 2.45) is 16.6 Å². The molecule has 3 heterocycles. The van der Waals surface area contributed by atoms with Crippen LogP contribution in [0.15, 0.2) is 53.5 Å². The fourth-order valence-corrected chi connectivity index (χ4v) is 4.12. The minimum absolute atomic E-state index is 0. The Morgan fingerprint density at radius 3 is 2.39 bits per heavy atom. The Labute approximate surface area is 164 Å². The topological polar surface area (TPSA) is 75.8 Å². The van der Waals surface area contributed by atoms with E-state index in [9.17, 15) is 14.0 Å². The Morgan fingerprint density at radius 1 is 1.11 bits per heavy atom. The molecular weight excluding hydrogens is 357 g/mol. The summed E-state index contributed by atoms with van der Waals surface area (Å²) < 4.78 is 13.1. The molecule has 1 saturated carbocycles. The second-order valence-corrected chi connectivity index (χ2v) is 7.48. The third-order valence-electron chi connectivity index (χ3n) is 5.55. The van der Waals surface area contributed by atoms with E-state index >= 15 is 0 Å². The number of fused-ring (bicyclic) bond motifs is 3. The molecule has 28 heavy (non-hydrogen) atoms. The molecule has 0 saturated heterocycles. The molecular formula is C22H24FN3O2. The van der Waals surface area contributed by atoms with Crippen molar-refractivity contribution in [1.29, 1.82) is 0 Å². The summed E-state index contributed by atoms with van der Waals surface area (Å²) in [6.45, 7) is 0.578. The van der Waals surface area contributed by atoms with Crippen molar-refractivity contribution in [3.8, 4) is 0 Å². The van der Waals surface area contributed by atoms with Crippen molar-refractivity contribution >= 4 is 17.6 Å². The van der Waals surface area contributed by atoms with E-state index in [1.54, 1.807) is 17.0 Å². The van der Waals surface area contributed by atoms with Gasteiger partial charge >= 0.3 is 6.03 Å². The number of hydrogen-bond acceptors (Lipinski definition) is 2. The number of rotatable bonds is 1. The predicted octanol–water partition coefficient (Wildman–Crippen LogP) is 3.87. The van der Waals surface area contributed by atoms with Crippen molar-refractivity contribution in [2.45, 2.75) is 31.7 Å². The standard InChI is InChI=1S/C16H15FN2O.C6H7NO.H2/c17-13-7-5-12(6-8-13)15-14-4-2-1-3-11(14)9-10-19(15)16(18)20;8-6-3-4-1-5(2-4)7-6;/h1-8,15H,9-10H2,(H2,18,20);4H,1-3H2;1H/t15-;;/m0../s1. The summed E-state index contributed by atoms with van der Waals surface area (Å²) in [5.41, 5.74) is 9.77. The minimum atomic E-state index is -0.450. The predicted molar refractivity (Wildman–Crippen MR) is 107 cm³/mol. The van der Waals surface area contributed by atoms with Gasteiger partial charge in [-0.3, -0.25) is 4.79 Å². The SMILES string of the molecule is NC(=O)N1CCc2ccccc2[C@@H]1c1ccc(F)cc1.O=C1CC2CC(=N1)C2.[HH]. The third-order valence-corrected chi connectivity index (χ3v) is 5.55. The molecule has 1 atom stereocenters. The number of benzene rings is 2. The van der Waals surface area contributed by atoms with E-state index in [1.165, 1.54) is 17.7 Å².